The number of hydrogen-bond donors (Lipinski definition) is 0. The van der Waals surface area contributed by atoms with Crippen LogP contribution in [0.5, 0.6) is 0 Å². The van der Waals surface area contributed by atoms with Gasteiger partial charge in [0.15, 0.2) is 0 Å². The third kappa shape index (κ3) is 2.75. The minimum absolute atomic E-state index is 0.162. The topological polar surface area (TPSA) is 20.3 Å². The van der Waals surface area contributed by atoms with Gasteiger partial charge in [0.25, 0.3) is 0 Å². The minimum atomic E-state index is -2.78. The number of carbonyl (C=O) groups excluding carboxylic acids is 1. The summed E-state index contributed by atoms with van der Waals surface area (Å²) in [4.78, 5) is 12.1. The van der Waals surface area contributed by atoms with Gasteiger partial charge in [-0.15, -0.1) is 0 Å². The lowest BCUT2D eigenvalue weighted by Gasteiger charge is -2.21. The maximum atomic E-state index is 13.0. The fraction of sp³-hybridized carbons (Fsp3) is 0.727. The molecule has 84 valence electrons. The first-order valence-electron chi connectivity index (χ1n) is 5.00. The van der Waals surface area contributed by atoms with Crippen molar-refractivity contribution in [3.05, 3.63) is 0 Å². The van der Waals surface area contributed by atoms with E-state index in [1.807, 2.05) is 0 Å². The van der Waals surface area contributed by atoms with E-state index in [1.54, 1.807) is 13.8 Å². The molecule has 0 aromatic carbocycles. The summed E-state index contributed by atoms with van der Waals surface area (Å²) in [6.45, 7) is 3.48. The fourth-order valence-corrected chi connectivity index (χ4v) is 1.38. The Hall–Kier alpha value is -0.950. The van der Waals surface area contributed by atoms with E-state index in [0.29, 0.717) is 6.42 Å². The lowest BCUT2D eigenvalue weighted by Crippen LogP contribution is -2.36. The van der Waals surface area contributed by atoms with Crippen LogP contribution in [0.2, 0.25) is 0 Å². The highest BCUT2D eigenvalue weighted by Gasteiger charge is 2.44. The molecule has 1 aliphatic heterocycles. The summed E-state index contributed by atoms with van der Waals surface area (Å²) in [5, 5.41) is 0. The second kappa shape index (κ2) is 4.28. The molecule has 1 heterocycles. The van der Waals surface area contributed by atoms with Crippen LogP contribution in [-0.4, -0.2) is 29.8 Å². The molecule has 1 rings (SSSR count). The predicted molar refractivity (Wildman–Crippen MR) is 53.4 cm³/mol. The van der Waals surface area contributed by atoms with Gasteiger partial charge >= 0.3 is 6.05 Å². The number of likely N-dealkylation sites (tertiary alicyclic amines) is 1. The summed E-state index contributed by atoms with van der Waals surface area (Å²) < 4.78 is 26.1. The third-order valence-corrected chi connectivity index (χ3v) is 2.59. The predicted octanol–water partition coefficient (Wildman–Crippen LogP) is 1.90. The zero-order chi connectivity index (χ0) is 11.6. The van der Waals surface area contributed by atoms with Crippen LogP contribution in [0.15, 0.2) is 0 Å². The van der Waals surface area contributed by atoms with Gasteiger partial charge in [0.2, 0.25) is 5.78 Å². The molecule has 0 amide bonds. The van der Waals surface area contributed by atoms with Gasteiger partial charge in [-0.3, -0.25) is 4.79 Å². The molecule has 15 heavy (non-hydrogen) atoms. The van der Waals surface area contributed by atoms with Gasteiger partial charge in [-0.1, -0.05) is 19.8 Å². The molecule has 0 aromatic heterocycles. The van der Waals surface area contributed by atoms with Crippen molar-refractivity contribution in [2.24, 2.45) is 5.92 Å². The molecule has 0 spiro atoms. The van der Waals surface area contributed by atoms with E-state index < -0.39 is 12.1 Å². The average Bonchev–Trinajstić information content (AvgIpc) is 2.39. The Bertz CT molecular complexity index is 314. The Labute approximate surface area is 88.6 Å². The summed E-state index contributed by atoms with van der Waals surface area (Å²) in [5.74, 6) is 4.68. The zero-order valence-electron chi connectivity index (χ0n) is 9.18. The summed E-state index contributed by atoms with van der Waals surface area (Å²) >= 11 is 0. The Morgan fingerprint density at radius 2 is 2.13 bits per heavy atom. The number of ketones is 1. The van der Waals surface area contributed by atoms with Crippen molar-refractivity contribution >= 4 is 5.78 Å². The number of carbonyl (C=O) groups is 1. The molecular formula is C11H15F2NO. The Kier molecular flexibility index (Phi) is 3.46. The van der Waals surface area contributed by atoms with Crippen LogP contribution in [0.3, 0.4) is 0 Å². The molecule has 0 N–H and O–H groups in total. The van der Waals surface area contributed by atoms with Gasteiger partial charge in [-0.2, -0.15) is 8.78 Å². The summed E-state index contributed by atoms with van der Waals surface area (Å²) in [6, 6.07) is -3.28. The lowest BCUT2D eigenvalue weighted by atomic mass is 10.1. The number of hydrogen-bond acceptors (Lipinski definition) is 2. The normalized spacial score (nSPS) is 25.1. The van der Waals surface area contributed by atoms with Crippen molar-refractivity contribution in [2.45, 2.75) is 38.8 Å². The molecule has 0 bridgehead atoms. The van der Waals surface area contributed by atoms with E-state index in [-0.39, 0.29) is 18.1 Å². The van der Waals surface area contributed by atoms with Crippen LogP contribution in [0.1, 0.15) is 26.7 Å². The highest BCUT2D eigenvalue weighted by molar-refractivity contribution is 5.96. The van der Waals surface area contributed by atoms with Crippen LogP contribution in [0.25, 0.3) is 0 Å². The van der Waals surface area contributed by atoms with Crippen molar-refractivity contribution < 1.29 is 13.6 Å². The van der Waals surface area contributed by atoms with E-state index in [4.69, 9.17) is 0 Å². The number of halogens is 2. The summed E-state index contributed by atoms with van der Waals surface area (Å²) in [7, 11) is 1.34. The van der Waals surface area contributed by atoms with Gasteiger partial charge in [0, 0.05) is 12.3 Å². The summed E-state index contributed by atoms with van der Waals surface area (Å²) in [6.07, 6.45) is 0.139. The number of nitrogens with zero attached hydrogens (tertiary/aromatic N) is 1. The molecule has 1 atom stereocenters. The monoisotopic (exact) mass is 215 g/mol. The summed E-state index contributed by atoms with van der Waals surface area (Å²) in [5.41, 5.74) is 0. The van der Waals surface area contributed by atoms with E-state index in [1.165, 1.54) is 7.05 Å². The van der Waals surface area contributed by atoms with E-state index >= 15 is 0 Å². The average molecular weight is 215 g/mol. The minimum Gasteiger partial charge on any atom is -0.285 e. The largest absolute Gasteiger partial charge is 0.305 e. The Balaban J connectivity index is 2.65. The van der Waals surface area contributed by atoms with Crippen LogP contribution in [0, 0.1) is 17.8 Å². The highest BCUT2D eigenvalue weighted by Crippen LogP contribution is 2.34. The van der Waals surface area contributed by atoms with Gasteiger partial charge < -0.3 is 0 Å². The van der Waals surface area contributed by atoms with Crippen molar-refractivity contribution in [2.75, 3.05) is 7.05 Å². The molecule has 0 aromatic rings. The first-order chi connectivity index (χ1) is 6.84. The molecule has 1 aliphatic rings. The third-order valence-electron chi connectivity index (χ3n) is 2.59. The molecule has 0 aliphatic carbocycles. The van der Waals surface area contributed by atoms with Crippen LogP contribution >= 0.6 is 0 Å². The Morgan fingerprint density at radius 3 is 2.53 bits per heavy atom. The lowest BCUT2D eigenvalue weighted by molar-refractivity contribution is -0.116. The smallest absolute Gasteiger partial charge is 0.285 e. The fourth-order valence-electron chi connectivity index (χ4n) is 1.38. The maximum Gasteiger partial charge on any atom is 0.305 e. The van der Waals surface area contributed by atoms with Crippen molar-refractivity contribution in [1.82, 2.24) is 4.90 Å². The van der Waals surface area contributed by atoms with Crippen LogP contribution in [-0.2, 0) is 4.79 Å². The van der Waals surface area contributed by atoms with Gasteiger partial charge in [-0.25, -0.2) is 4.90 Å². The standard InChI is InChI=1S/C11H15F2NO/c1-8(2)10(15)5-4-9-6-7-11(12,13)14(9)3/h8-9H,6-7H2,1-3H3. The maximum absolute atomic E-state index is 13.0. The van der Waals surface area contributed by atoms with Crippen LogP contribution < -0.4 is 0 Å². The van der Waals surface area contributed by atoms with Crippen molar-refractivity contribution in [3.63, 3.8) is 0 Å². The Morgan fingerprint density at radius 1 is 1.53 bits per heavy atom. The molecule has 0 saturated carbocycles. The molecular weight excluding hydrogens is 200 g/mol. The van der Waals surface area contributed by atoms with E-state index in [0.717, 1.165) is 4.90 Å². The molecule has 4 heteroatoms. The number of Topliss-reactive ketones (excluding diaryl/α,β-unsaturated/α-hetero) is 1. The van der Waals surface area contributed by atoms with Crippen molar-refractivity contribution in [3.8, 4) is 11.8 Å². The van der Waals surface area contributed by atoms with Crippen LogP contribution in [0.4, 0.5) is 8.78 Å². The molecule has 1 fully saturated rings. The van der Waals surface area contributed by atoms with Crippen molar-refractivity contribution in [1.29, 1.82) is 0 Å². The highest BCUT2D eigenvalue weighted by atomic mass is 19.3. The number of rotatable bonds is 1. The van der Waals surface area contributed by atoms with Gasteiger partial charge in [0.1, 0.15) is 0 Å². The molecule has 0 radical (unpaired) electrons. The quantitative estimate of drug-likeness (QED) is 0.378. The van der Waals surface area contributed by atoms with Gasteiger partial charge in [0.05, 0.1) is 6.04 Å². The SMILES string of the molecule is CC(C)C(=O)C#CC1CCC(F)(F)N1C. The molecule has 1 saturated heterocycles. The second-order valence-corrected chi connectivity index (χ2v) is 4.12. The molecule has 1 unspecified atom stereocenters. The molecule has 2 nitrogen and oxygen atoms in total. The number of alkyl halides is 2. The first-order valence-corrected chi connectivity index (χ1v) is 5.00. The zero-order valence-corrected chi connectivity index (χ0v) is 9.18. The second-order valence-electron chi connectivity index (χ2n) is 4.12. The van der Waals surface area contributed by atoms with E-state index in [9.17, 15) is 13.6 Å². The first kappa shape index (κ1) is 12.1. The van der Waals surface area contributed by atoms with Gasteiger partial charge in [-0.05, 0) is 19.4 Å². The van der Waals surface area contributed by atoms with E-state index in [2.05, 4.69) is 11.8 Å².